The van der Waals surface area contributed by atoms with Crippen molar-refractivity contribution < 1.29 is 13.5 Å². The molecule has 17 heavy (non-hydrogen) atoms. The van der Waals surface area contributed by atoms with Gasteiger partial charge in [-0.2, -0.15) is 4.39 Å². The van der Waals surface area contributed by atoms with Gasteiger partial charge >= 0.3 is 0 Å². The fraction of sp³-hybridized carbons (Fsp3) is 0.0909. The number of hydrogen-bond acceptors (Lipinski definition) is 4. The predicted molar refractivity (Wildman–Crippen MR) is 57.6 cm³/mol. The van der Waals surface area contributed by atoms with Crippen molar-refractivity contribution in [1.82, 2.24) is 9.97 Å². The summed E-state index contributed by atoms with van der Waals surface area (Å²) in [6.07, 6.45) is 1.19. The highest BCUT2D eigenvalue weighted by atomic mass is 19.2. The third-order valence-electron chi connectivity index (χ3n) is 2.20. The average molecular weight is 237 g/mol. The average Bonchev–Trinajstić information content (AvgIpc) is 2.31. The van der Waals surface area contributed by atoms with E-state index < -0.39 is 11.6 Å². The largest absolute Gasteiger partial charge is 0.435 e. The fourth-order valence-electron chi connectivity index (χ4n) is 1.22. The molecule has 0 fully saturated rings. The first-order valence-electron chi connectivity index (χ1n) is 4.78. The Morgan fingerprint density at radius 2 is 2.00 bits per heavy atom. The van der Waals surface area contributed by atoms with Gasteiger partial charge in [0.1, 0.15) is 12.1 Å². The highest BCUT2D eigenvalue weighted by Crippen LogP contribution is 2.27. The lowest BCUT2D eigenvalue weighted by Crippen LogP contribution is -2.00. The molecule has 0 bridgehead atoms. The third-order valence-corrected chi connectivity index (χ3v) is 2.20. The van der Waals surface area contributed by atoms with Gasteiger partial charge in [-0.1, -0.05) is 6.07 Å². The highest BCUT2D eigenvalue weighted by molar-refractivity contribution is 5.44. The summed E-state index contributed by atoms with van der Waals surface area (Å²) in [5.41, 5.74) is 6.01. The second-order valence-electron chi connectivity index (χ2n) is 3.34. The zero-order chi connectivity index (χ0) is 12.4. The van der Waals surface area contributed by atoms with E-state index in [9.17, 15) is 8.78 Å². The quantitative estimate of drug-likeness (QED) is 0.871. The number of benzene rings is 1. The minimum absolute atomic E-state index is 0.0991. The molecule has 1 aromatic carbocycles. The monoisotopic (exact) mass is 237 g/mol. The van der Waals surface area contributed by atoms with Crippen LogP contribution in [-0.2, 0) is 0 Å². The number of ether oxygens (including phenoxy) is 1. The number of hydrogen-bond donors (Lipinski definition) is 1. The molecule has 0 saturated heterocycles. The lowest BCUT2D eigenvalue weighted by atomic mass is 10.3. The van der Waals surface area contributed by atoms with Crippen LogP contribution < -0.4 is 10.5 Å². The van der Waals surface area contributed by atoms with Crippen molar-refractivity contribution in [2.75, 3.05) is 5.73 Å². The lowest BCUT2D eigenvalue weighted by molar-refractivity contribution is 0.403. The molecule has 0 radical (unpaired) electrons. The van der Waals surface area contributed by atoms with Crippen LogP contribution >= 0.6 is 0 Å². The molecule has 0 saturated carbocycles. The molecule has 2 N–H and O–H groups in total. The van der Waals surface area contributed by atoms with Crippen LogP contribution in [0.1, 0.15) is 5.56 Å². The summed E-state index contributed by atoms with van der Waals surface area (Å²) in [5.74, 6) is -1.97. The van der Waals surface area contributed by atoms with Crippen molar-refractivity contribution in [1.29, 1.82) is 0 Å². The Morgan fingerprint density at radius 1 is 1.24 bits per heavy atom. The Hall–Kier alpha value is -2.24. The molecule has 1 aromatic heterocycles. The van der Waals surface area contributed by atoms with Crippen molar-refractivity contribution >= 4 is 5.82 Å². The second-order valence-corrected chi connectivity index (χ2v) is 3.34. The molecule has 0 aliphatic carbocycles. The summed E-state index contributed by atoms with van der Waals surface area (Å²) in [5, 5.41) is 0. The van der Waals surface area contributed by atoms with E-state index >= 15 is 0 Å². The summed E-state index contributed by atoms with van der Waals surface area (Å²) in [6, 6.07) is 3.65. The molecule has 2 rings (SSSR count). The smallest absolute Gasteiger partial charge is 0.227 e. The van der Waals surface area contributed by atoms with Gasteiger partial charge in [0.25, 0.3) is 0 Å². The Kier molecular flexibility index (Phi) is 2.86. The van der Waals surface area contributed by atoms with E-state index in [1.807, 2.05) is 0 Å². The van der Waals surface area contributed by atoms with Gasteiger partial charge in [-0.05, 0) is 19.1 Å². The van der Waals surface area contributed by atoms with Crippen molar-refractivity contribution in [2.24, 2.45) is 0 Å². The Morgan fingerprint density at radius 3 is 2.76 bits per heavy atom. The Labute approximate surface area is 96.1 Å². The standard InChI is InChI=1S/C11H9F2N3O/c1-6-10(14)15-5-16-11(6)17-8-4-2-3-7(12)9(8)13/h2-5H,1H3,(H2,14,15,16). The van der Waals surface area contributed by atoms with E-state index in [-0.39, 0.29) is 17.4 Å². The van der Waals surface area contributed by atoms with Crippen LogP contribution in [0, 0.1) is 18.6 Å². The fourth-order valence-corrected chi connectivity index (χ4v) is 1.22. The summed E-state index contributed by atoms with van der Waals surface area (Å²) >= 11 is 0. The molecule has 0 unspecified atom stereocenters. The molecule has 4 nitrogen and oxygen atoms in total. The number of anilines is 1. The SMILES string of the molecule is Cc1c(N)ncnc1Oc1cccc(F)c1F. The van der Waals surface area contributed by atoms with Crippen molar-refractivity contribution in [2.45, 2.75) is 6.92 Å². The van der Waals surface area contributed by atoms with Gasteiger partial charge in [0, 0.05) is 0 Å². The number of nitrogens with zero attached hydrogens (tertiary/aromatic N) is 2. The first kappa shape index (κ1) is 11.3. The summed E-state index contributed by atoms with van der Waals surface area (Å²) < 4.78 is 31.4. The van der Waals surface area contributed by atoms with E-state index in [2.05, 4.69) is 9.97 Å². The van der Waals surface area contributed by atoms with Crippen LogP contribution in [0.4, 0.5) is 14.6 Å². The molecule has 0 aliphatic heterocycles. The van der Waals surface area contributed by atoms with Crippen LogP contribution in [0.5, 0.6) is 11.6 Å². The summed E-state index contributed by atoms with van der Waals surface area (Å²) in [6.45, 7) is 1.63. The minimum atomic E-state index is -1.07. The molecule has 88 valence electrons. The molecular weight excluding hydrogens is 228 g/mol. The maximum atomic E-state index is 13.3. The van der Waals surface area contributed by atoms with Crippen LogP contribution in [0.3, 0.4) is 0 Å². The van der Waals surface area contributed by atoms with Gasteiger partial charge in [-0.3, -0.25) is 0 Å². The van der Waals surface area contributed by atoms with Crippen molar-refractivity contribution in [3.8, 4) is 11.6 Å². The molecule has 0 aliphatic rings. The van der Waals surface area contributed by atoms with E-state index in [4.69, 9.17) is 10.5 Å². The zero-order valence-electron chi connectivity index (χ0n) is 8.95. The number of nitrogen functional groups attached to an aromatic ring is 1. The molecule has 1 heterocycles. The number of rotatable bonds is 2. The number of aromatic nitrogens is 2. The molecule has 2 aromatic rings. The van der Waals surface area contributed by atoms with E-state index in [0.717, 1.165) is 6.07 Å². The second kappa shape index (κ2) is 4.32. The zero-order valence-corrected chi connectivity index (χ0v) is 8.95. The third kappa shape index (κ3) is 2.15. The minimum Gasteiger partial charge on any atom is -0.435 e. The maximum Gasteiger partial charge on any atom is 0.227 e. The Balaban J connectivity index is 2.38. The summed E-state index contributed by atoms with van der Waals surface area (Å²) in [4.78, 5) is 7.54. The lowest BCUT2D eigenvalue weighted by Gasteiger charge is -2.08. The van der Waals surface area contributed by atoms with Gasteiger partial charge in [0.05, 0.1) is 5.56 Å². The molecule has 6 heteroatoms. The van der Waals surface area contributed by atoms with Gasteiger partial charge in [-0.25, -0.2) is 14.4 Å². The first-order chi connectivity index (χ1) is 8.09. The highest BCUT2D eigenvalue weighted by Gasteiger charge is 2.12. The van der Waals surface area contributed by atoms with Gasteiger partial charge in [-0.15, -0.1) is 0 Å². The number of nitrogens with two attached hydrogens (primary N) is 1. The first-order valence-corrected chi connectivity index (χ1v) is 4.78. The molecule has 0 spiro atoms. The van der Waals surface area contributed by atoms with Crippen LogP contribution in [0.25, 0.3) is 0 Å². The number of halogens is 2. The Bertz CT molecular complexity index is 511. The summed E-state index contributed by atoms with van der Waals surface area (Å²) in [7, 11) is 0. The molecular formula is C11H9F2N3O. The normalized spacial score (nSPS) is 10.3. The van der Waals surface area contributed by atoms with E-state index in [1.54, 1.807) is 6.92 Å². The maximum absolute atomic E-state index is 13.3. The topological polar surface area (TPSA) is 61.0 Å². The predicted octanol–water partition coefficient (Wildman–Crippen LogP) is 2.44. The van der Waals surface area contributed by atoms with E-state index in [0.29, 0.717) is 5.56 Å². The van der Waals surface area contributed by atoms with E-state index in [1.165, 1.54) is 18.5 Å². The molecule has 0 amide bonds. The van der Waals surface area contributed by atoms with Crippen LogP contribution in [0.15, 0.2) is 24.5 Å². The van der Waals surface area contributed by atoms with Gasteiger partial charge in [0.2, 0.25) is 11.7 Å². The van der Waals surface area contributed by atoms with Gasteiger partial charge in [0.15, 0.2) is 11.6 Å². The molecule has 0 atom stereocenters. The van der Waals surface area contributed by atoms with Crippen LogP contribution in [-0.4, -0.2) is 9.97 Å². The van der Waals surface area contributed by atoms with Crippen LogP contribution in [0.2, 0.25) is 0 Å². The van der Waals surface area contributed by atoms with Gasteiger partial charge < -0.3 is 10.5 Å². The van der Waals surface area contributed by atoms with Crippen molar-refractivity contribution in [3.05, 3.63) is 41.7 Å². The van der Waals surface area contributed by atoms with Crippen molar-refractivity contribution in [3.63, 3.8) is 0 Å².